The lowest BCUT2D eigenvalue weighted by molar-refractivity contribution is 0.527. The van der Waals surface area contributed by atoms with Gasteiger partial charge in [-0.05, 0) is 29.3 Å². The van der Waals surface area contributed by atoms with Crippen molar-refractivity contribution in [2.45, 2.75) is 18.8 Å². The Bertz CT molecular complexity index is 349. The molecule has 0 spiro atoms. The summed E-state index contributed by atoms with van der Waals surface area (Å²) in [6.07, 6.45) is 1.06. The minimum atomic E-state index is 0.0440. The Morgan fingerprint density at radius 3 is 1.93 bits per heavy atom. The SMILES string of the molecule is CCC(CN)(c1cccs1)c1cccs1. The summed E-state index contributed by atoms with van der Waals surface area (Å²) in [4.78, 5) is 2.77. The predicted molar refractivity (Wildman–Crippen MR) is 68.8 cm³/mol. The molecule has 0 radical (unpaired) electrons. The van der Waals surface area contributed by atoms with Crippen LogP contribution in [0.3, 0.4) is 0 Å². The summed E-state index contributed by atoms with van der Waals surface area (Å²) >= 11 is 3.61. The topological polar surface area (TPSA) is 26.0 Å². The van der Waals surface area contributed by atoms with Gasteiger partial charge in [0.1, 0.15) is 0 Å². The minimum Gasteiger partial charge on any atom is -0.329 e. The van der Waals surface area contributed by atoms with Crippen molar-refractivity contribution < 1.29 is 0 Å². The van der Waals surface area contributed by atoms with Crippen molar-refractivity contribution in [3.8, 4) is 0 Å². The van der Waals surface area contributed by atoms with Crippen molar-refractivity contribution in [3.05, 3.63) is 44.8 Å². The van der Waals surface area contributed by atoms with Crippen LogP contribution in [0.15, 0.2) is 35.0 Å². The highest BCUT2D eigenvalue weighted by Crippen LogP contribution is 2.39. The summed E-state index contributed by atoms with van der Waals surface area (Å²) in [5, 5.41) is 4.26. The van der Waals surface area contributed by atoms with Crippen molar-refractivity contribution >= 4 is 22.7 Å². The highest BCUT2D eigenvalue weighted by molar-refractivity contribution is 7.11. The molecule has 0 saturated heterocycles. The lowest BCUT2D eigenvalue weighted by Crippen LogP contribution is -2.34. The first-order valence-electron chi connectivity index (χ1n) is 5.11. The van der Waals surface area contributed by atoms with Crippen LogP contribution in [-0.4, -0.2) is 6.54 Å². The second-order valence-electron chi connectivity index (χ2n) is 3.59. The molecular formula is C12H15NS2. The molecule has 0 bridgehead atoms. The molecule has 0 fully saturated rings. The number of nitrogens with two attached hydrogens (primary N) is 1. The molecule has 80 valence electrons. The third-order valence-electron chi connectivity index (χ3n) is 2.94. The Balaban J connectivity index is 2.50. The summed E-state index contributed by atoms with van der Waals surface area (Å²) in [6.45, 7) is 2.90. The Hall–Kier alpha value is -0.640. The van der Waals surface area contributed by atoms with Crippen LogP contribution in [0.1, 0.15) is 23.1 Å². The standard InChI is InChI=1S/C12H15NS2/c1-2-12(9-13,10-5-3-7-14-10)11-6-4-8-15-11/h3-8H,2,9,13H2,1H3. The molecule has 0 aliphatic carbocycles. The zero-order valence-electron chi connectivity index (χ0n) is 8.77. The van der Waals surface area contributed by atoms with Crippen LogP contribution in [0.2, 0.25) is 0 Å². The van der Waals surface area contributed by atoms with Gasteiger partial charge in [-0.25, -0.2) is 0 Å². The van der Waals surface area contributed by atoms with Gasteiger partial charge >= 0.3 is 0 Å². The van der Waals surface area contributed by atoms with Gasteiger partial charge < -0.3 is 5.73 Å². The first-order valence-corrected chi connectivity index (χ1v) is 6.87. The zero-order chi connectivity index (χ0) is 10.7. The molecule has 2 rings (SSSR count). The van der Waals surface area contributed by atoms with E-state index in [0.717, 1.165) is 6.42 Å². The molecule has 2 aromatic rings. The van der Waals surface area contributed by atoms with Gasteiger partial charge in [-0.1, -0.05) is 19.1 Å². The number of hydrogen-bond acceptors (Lipinski definition) is 3. The molecule has 15 heavy (non-hydrogen) atoms. The molecule has 2 N–H and O–H groups in total. The van der Waals surface area contributed by atoms with E-state index in [9.17, 15) is 0 Å². The van der Waals surface area contributed by atoms with Crippen LogP contribution < -0.4 is 5.73 Å². The maximum Gasteiger partial charge on any atom is 0.0509 e. The quantitative estimate of drug-likeness (QED) is 0.866. The second-order valence-corrected chi connectivity index (χ2v) is 5.49. The molecule has 0 aliphatic rings. The summed E-state index contributed by atoms with van der Waals surface area (Å²) in [6, 6.07) is 8.60. The average molecular weight is 237 g/mol. The Kier molecular flexibility index (Phi) is 3.24. The number of thiophene rings is 2. The molecule has 0 amide bonds. The third kappa shape index (κ3) is 1.75. The highest BCUT2D eigenvalue weighted by Gasteiger charge is 2.32. The van der Waals surface area contributed by atoms with Crippen LogP contribution in [-0.2, 0) is 5.41 Å². The summed E-state index contributed by atoms with van der Waals surface area (Å²) in [7, 11) is 0. The fourth-order valence-corrected chi connectivity index (χ4v) is 4.03. The zero-order valence-corrected chi connectivity index (χ0v) is 10.4. The van der Waals surface area contributed by atoms with Crippen LogP contribution in [0, 0.1) is 0 Å². The first kappa shape index (κ1) is 10.9. The van der Waals surface area contributed by atoms with Crippen LogP contribution in [0.4, 0.5) is 0 Å². The minimum absolute atomic E-state index is 0.0440. The largest absolute Gasteiger partial charge is 0.329 e. The fraction of sp³-hybridized carbons (Fsp3) is 0.333. The van der Waals surface area contributed by atoms with Gasteiger partial charge in [0, 0.05) is 16.3 Å². The van der Waals surface area contributed by atoms with Gasteiger partial charge in [0.25, 0.3) is 0 Å². The molecule has 3 heteroatoms. The third-order valence-corrected chi connectivity index (χ3v) is 5.09. The lowest BCUT2D eigenvalue weighted by Gasteiger charge is -2.29. The maximum atomic E-state index is 6.01. The van der Waals surface area contributed by atoms with Crippen LogP contribution in [0.5, 0.6) is 0 Å². The van der Waals surface area contributed by atoms with E-state index in [4.69, 9.17) is 5.73 Å². The van der Waals surface area contributed by atoms with E-state index in [1.165, 1.54) is 9.75 Å². The Morgan fingerprint density at radius 1 is 1.13 bits per heavy atom. The molecule has 1 nitrogen and oxygen atoms in total. The van der Waals surface area contributed by atoms with E-state index in [2.05, 4.69) is 41.9 Å². The lowest BCUT2D eigenvalue weighted by atomic mass is 9.82. The number of hydrogen-bond donors (Lipinski definition) is 1. The van der Waals surface area contributed by atoms with Gasteiger partial charge in [-0.2, -0.15) is 0 Å². The van der Waals surface area contributed by atoms with Crippen LogP contribution in [0.25, 0.3) is 0 Å². The molecule has 0 unspecified atom stereocenters. The van der Waals surface area contributed by atoms with Gasteiger partial charge in [-0.15, -0.1) is 22.7 Å². The molecule has 2 aromatic heterocycles. The second kappa shape index (κ2) is 4.47. The Labute approximate surface area is 98.6 Å². The van der Waals surface area contributed by atoms with Gasteiger partial charge in [0.15, 0.2) is 0 Å². The maximum absolute atomic E-state index is 6.01. The molecule has 0 aromatic carbocycles. The van der Waals surface area contributed by atoms with E-state index in [1.807, 2.05) is 0 Å². The van der Waals surface area contributed by atoms with Crippen molar-refractivity contribution in [1.82, 2.24) is 0 Å². The van der Waals surface area contributed by atoms with E-state index in [-0.39, 0.29) is 5.41 Å². The smallest absolute Gasteiger partial charge is 0.0509 e. The van der Waals surface area contributed by atoms with E-state index >= 15 is 0 Å². The monoisotopic (exact) mass is 237 g/mol. The molecule has 2 heterocycles. The normalized spacial score (nSPS) is 11.9. The van der Waals surface area contributed by atoms with Crippen molar-refractivity contribution in [1.29, 1.82) is 0 Å². The Morgan fingerprint density at radius 2 is 1.67 bits per heavy atom. The number of rotatable bonds is 4. The summed E-state index contributed by atoms with van der Waals surface area (Å²) in [5.74, 6) is 0. The fourth-order valence-electron chi connectivity index (χ4n) is 1.92. The van der Waals surface area contributed by atoms with E-state index < -0.39 is 0 Å². The summed E-state index contributed by atoms with van der Waals surface area (Å²) < 4.78 is 0. The molecule has 0 aliphatic heterocycles. The van der Waals surface area contributed by atoms with Crippen LogP contribution >= 0.6 is 22.7 Å². The molecule has 0 saturated carbocycles. The van der Waals surface area contributed by atoms with Gasteiger partial charge in [0.2, 0.25) is 0 Å². The van der Waals surface area contributed by atoms with E-state index in [0.29, 0.717) is 6.54 Å². The molecule has 0 atom stereocenters. The van der Waals surface area contributed by atoms with Crippen molar-refractivity contribution in [2.24, 2.45) is 5.73 Å². The summed E-state index contributed by atoms with van der Waals surface area (Å²) in [5.41, 5.74) is 6.06. The highest BCUT2D eigenvalue weighted by atomic mass is 32.1. The predicted octanol–water partition coefficient (Wildman–Crippen LogP) is 3.46. The van der Waals surface area contributed by atoms with E-state index in [1.54, 1.807) is 22.7 Å². The first-order chi connectivity index (χ1) is 7.33. The van der Waals surface area contributed by atoms with Gasteiger partial charge in [0.05, 0.1) is 5.41 Å². The van der Waals surface area contributed by atoms with Gasteiger partial charge in [-0.3, -0.25) is 0 Å². The molecular weight excluding hydrogens is 222 g/mol. The van der Waals surface area contributed by atoms with Crippen molar-refractivity contribution in [3.63, 3.8) is 0 Å². The average Bonchev–Trinajstić information content (AvgIpc) is 2.92. The van der Waals surface area contributed by atoms with Crippen molar-refractivity contribution in [2.75, 3.05) is 6.54 Å².